The zero-order chi connectivity index (χ0) is 16.1. The van der Waals surface area contributed by atoms with Crippen molar-refractivity contribution in [3.8, 4) is 0 Å². The number of ether oxygens (including phenoxy) is 1. The molecule has 0 saturated heterocycles. The summed E-state index contributed by atoms with van der Waals surface area (Å²) in [5.74, 6) is 0. The molecule has 1 atom stereocenters. The van der Waals surface area contributed by atoms with Gasteiger partial charge in [0.2, 0.25) is 0 Å². The highest BCUT2D eigenvalue weighted by Gasteiger charge is 2.11. The van der Waals surface area contributed by atoms with Gasteiger partial charge >= 0.3 is 6.03 Å². The Morgan fingerprint density at radius 3 is 2.86 bits per heavy atom. The van der Waals surface area contributed by atoms with Gasteiger partial charge in [0.05, 0.1) is 6.10 Å². The predicted molar refractivity (Wildman–Crippen MR) is 89.2 cm³/mol. The normalized spacial score (nSPS) is 12.4. The molecular formula is C17H25N3O2. The lowest BCUT2D eigenvalue weighted by Gasteiger charge is -2.20. The summed E-state index contributed by atoms with van der Waals surface area (Å²) < 4.78 is 7.37. The number of para-hydroxylation sites is 1. The molecule has 0 radical (unpaired) electrons. The smallest absolute Gasteiger partial charge is 0.317 e. The molecule has 2 aromatic rings. The van der Waals surface area contributed by atoms with Gasteiger partial charge in [0.15, 0.2) is 0 Å². The predicted octanol–water partition coefficient (Wildman–Crippen LogP) is 2.63. The van der Waals surface area contributed by atoms with E-state index in [1.54, 1.807) is 12.0 Å². The Hall–Kier alpha value is -2.01. The molecule has 120 valence electrons. The standard InChI is InChI=1S/C17H25N3O2/c1-13-11-15-7-5-6-8-16(15)20(13)10-9-19(3)17(21)18-12-14(2)22-4/h5-8,11,14H,9-10,12H2,1-4H3,(H,18,21)/t14-/m1/s1. The van der Waals surface area contributed by atoms with Gasteiger partial charge in [-0.3, -0.25) is 0 Å². The second-order valence-electron chi connectivity index (χ2n) is 5.65. The van der Waals surface area contributed by atoms with Crippen LogP contribution >= 0.6 is 0 Å². The summed E-state index contributed by atoms with van der Waals surface area (Å²) in [4.78, 5) is 13.7. The number of amides is 2. The van der Waals surface area contributed by atoms with Crippen LogP contribution in [0.2, 0.25) is 0 Å². The van der Waals surface area contributed by atoms with Crippen molar-refractivity contribution >= 4 is 16.9 Å². The zero-order valence-electron chi connectivity index (χ0n) is 13.8. The summed E-state index contributed by atoms with van der Waals surface area (Å²) in [6.07, 6.45) is 0.0213. The van der Waals surface area contributed by atoms with E-state index in [1.807, 2.05) is 26.1 Å². The highest BCUT2D eigenvalue weighted by molar-refractivity contribution is 5.81. The Morgan fingerprint density at radius 1 is 1.41 bits per heavy atom. The van der Waals surface area contributed by atoms with Crippen LogP contribution in [-0.4, -0.2) is 48.8 Å². The van der Waals surface area contributed by atoms with Crippen molar-refractivity contribution < 1.29 is 9.53 Å². The van der Waals surface area contributed by atoms with Gasteiger partial charge in [0, 0.05) is 45.0 Å². The molecule has 1 aromatic carbocycles. The Bertz CT molecular complexity index is 636. The number of hydrogen-bond donors (Lipinski definition) is 1. The average molecular weight is 303 g/mol. The maximum absolute atomic E-state index is 12.0. The van der Waals surface area contributed by atoms with Gasteiger partial charge in [-0.1, -0.05) is 18.2 Å². The Kier molecular flexibility index (Phi) is 5.44. The minimum Gasteiger partial charge on any atom is -0.380 e. The summed E-state index contributed by atoms with van der Waals surface area (Å²) in [5.41, 5.74) is 2.42. The Balaban J connectivity index is 1.94. The van der Waals surface area contributed by atoms with Gasteiger partial charge in [-0.2, -0.15) is 0 Å². The topological polar surface area (TPSA) is 46.5 Å². The van der Waals surface area contributed by atoms with Gasteiger partial charge in [-0.25, -0.2) is 4.79 Å². The van der Waals surface area contributed by atoms with E-state index in [4.69, 9.17) is 4.74 Å². The number of nitrogens with zero attached hydrogens (tertiary/aromatic N) is 2. The number of hydrogen-bond acceptors (Lipinski definition) is 2. The summed E-state index contributed by atoms with van der Waals surface area (Å²) in [5, 5.41) is 4.10. The van der Waals surface area contributed by atoms with Crippen molar-refractivity contribution in [3.05, 3.63) is 36.0 Å². The van der Waals surface area contributed by atoms with Crippen LogP contribution in [0.25, 0.3) is 10.9 Å². The number of aryl methyl sites for hydroxylation is 1. The van der Waals surface area contributed by atoms with E-state index in [0.29, 0.717) is 13.1 Å². The summed E-state index contributed by atoms with van der Waals surface area (Å²) in [6, 6.07) is 10.4. The first kappa shape index (κ1) is 16.4. The minimum absolute atomic E-state index is 0.0213. The molecule has 22 heavy (non-hydrogen) atoms. The van der Waals surface area contributed by atoms with Gasteiger partial charge < -0.3 is 19.5 Å². The van der Waals surface area contributed by atoms with Crippen LogP contribution in [0, 0.1) is 6.92 Å². The summed E-state index contributed by atoms with van der Waals surface area (Å²) in [7, 11) is 3.45. The monoisotopic (exact) mass is 303 g/mol. The van der Waals surface area contributed by atoms with Crippen LogP contribution in [0.3, 0.4) is 0 Å². The third-order valence-corrected chi connectivity index (χ3v) is 3.97. The van der Waals surface area contributed by atoms with Crippen molar-refractivity contribution in [2.75, 3.05) is 27.2 Å². The number of methoxy groups -OCH3 is 1. The van der Waals surface area contributed by atoms with Gasteiger partial charge in [-0.05, 0) is 31.4 Å². The maximum atomic E-state index is 12.0. The van der Waals surface area contributed by atoms with Crippen LogP contribution in [-0.2, 0) is 11.3 Å². The van der Waals surface area contributed by atoms with Crippen molar-refractivity contribution in [1.29, 1.82) is 0 Å². The molecule has 5 heteroatoms. The Morgan fingerprint density at radius 2 is 2.14 bits per heavy atom. The minimum atomic E-state index is -0.0713. The van der Waals surface area contributed by atoms with Gasteiger partial charge in [-0.15, -0.1) is 0 Å². The molecule has 0 aliphatic heterocycles. The number of benzene rings is 1. The second kappa shape index (κ2) is 7.31. The Labute approximate surface area is 131 Å². The molecule has 0 saturated carbocycles. The van der Waals surface area contributed by atoms with Crippen molar-refractivity contribution in [1.82, 2.24) is 14.8 Å². The number of urea groups is 1. The van der Waals surface area contributed by atoms with Crippen molar-refractivity contribution in [2.24, 2.45) is 0 Å². The summed E-state index contributed by atoms with van der Waals surface area (Å²) >= 11 is 0. The molecule has 2 rings (SSSR count). The highest BCUT2D eigenvalue weighted by atomic mass is 16.5. The molecule has 2 amide bonds. The van der Waals surface area contributed by atoms with Crippen molar-refractivity contribution in [2.45, 2.75) is 26.5 Å². The fraction of sp³-hybridized carbons (Fsp3) is 0.471. The van der Waals surface area contributed by atoms with E-state index in [0.717, 1.165) is 6.54 Å². The van der Waals surface area contributed by atoms with E-state index in [2.05, 4.69) is 35.0 Å². The number of aromatic nitrogens is 1. The molecule has 0 aliphatic carbocycles. The number of fused-ring (bicyclic) bond motifs is 1. The van der Waals surface area contributed by atoms with Crippen LogP contribution in [0.4, 0.5) is 4.79 Å². The SMILES string of the molecule is CO[C@H](C)CNC(=O)N(C)CCn1c(C)cc2ccccc21. The van der Waals surface area contributed by atoms with Crippen LogP contribution in [0.5, 0.6) is 0 Å². The first-order valence-electron chi connectivity index (χ1n) is 7.59. The van der Waals surface area contributed by atoms with Crippen molar-refractivity contribution in [3.63, 3.8) is 0 Å². The average Bonchev–Trinajstić information content (AvgIpc) is 2.85. The van der Waals surface area contributed by atoms with Crippen LogP contribution in [0.15, 0.2) is 30.3 Å². The molecule has 0 unspecified atom stereocenters. The van der Waals surface area contributed by atoms with Crippen LogP contribution in [0.1, 0.15) is 12.6 Å². The molecular weight excluding hydrogens is 278 g/mol. The van der Waals surface area contributed by atoms with E-state index >= 15 is 0 Å². The van der Waals surface area contributed by atoms with E-state index in [-0.39, 0.29) is 12.1 Å². The van der Waals surface area contributed by atoms with Crippen LogP contribution < -0.4 is 5.32 Å². The second-order valence-corrected chi connectivity index (χ2v) is 5.65. The molecule has 0 aliphatic rings. The molecule has 5 nitrogen and oxygen atoms in total. The first-order valence-corrected chi connectivity index (χ1v) is 7.59. The third-order valence-electron chi connectivity index (χ3n) is 3.97. The largest absolute Gasteiger partial charge is 0.380 e. The van der Waals surface area contributed by atoms with Gasteiger partial charge in [0.25, 0.3) is 0 Å². The number of rotatable bonds is 6. The quantitative estimate of drug-likeness (QED) is 0.891. The van der Waals surface area contributed by atoms with E-state index < -0.39 is 0 Å². The third kappa shape index (κ3) is 3.80. The van der Waals surface area contributed by atoms with E-state index in [1.165, 1.54) is 16.6 Å². The zero-order valence-corrected chi connectivity index (χ0v) is 13.8. The molecule has 1 aromatic heterocycles. The number of carbonyl (C=O) groups is 1. The van der Waals surface area contributed by atoms with E-state index in [9.17, 15) is 4.79 Å². The number of carbonyl (C=O) groups excluding carboxylic acids is 1. The molecule has 0 bridgehead atoms. The molecule has 0 spiro atoms. The molecule has 1 heterocycles. The fourth-order valence-electron chi connectivity index (χ4n) is 2.45. The van der Waals surface area contributed by atoms with Gasteiger partial charge in [0.1, 0.15) is 0 Å². The number of nitrogens with one attached hydrogen (secondary N) is 1. The highest BCUT2D eigenvalue weighted by Crippen LogP contribution is 2.18. The summed E-state index contributed by atoms with van der Waals surface area (Å²) in [6.45, 7) is 5.98. The molecule has 1 N–H and O–H groups in total. The fourth-order valence-corrected chi connectivity index (χ4v) is 2.45. The molecule has 0 fully saturated rings. The lowest BCUT2D eigenvalue weighted by molar-refractivity contribution is 0.116. The maximum Gasteiger partial charge on any atom is 0.317 e. The first-order chi connectivity index (χ1) is 10.5. The lowest BCUT2D eigenvalue weighted by atomic mass is 10.2. The lowest BCUT2D eigenvalue weighted by Crippen LogP contribution is -2.41. The number of likely N-dealkylation sites (N-methyl/N-ethyl adjacent to an activating group) is 1.